The average molecular weight is 276 g/mol. The molecule has 1 rings (SSSR count). The van der Waals surface area contributed by atoms with Crippen LogP contribution in [0.1, 0.15) is 0 Å². The third kappa shape index (κ3) is 2.40. The molecule has 1 nitrogen and oxygen atoms in total. The van der Waals surface area contributed by atoms with Crippen LogP contribution in [0, 0.1) is 11.1 Å². The summed E-state index contributed by atoms with van der Waals surface area (Å²) in [6, 6.07) is 8.12. The van der Waals surface area contributed by atoms with Crippen molar-refractivity contribution in [2.75, 3.05) is 0 Å². The summed E-state index contributed by atoms with van der Waals surface area (Å²) in [6.07, 6.45) is 0. The van der Waals surface area contributed by atoms with E-state index >= 15 is 0 Å². The van der Waals surface area contributed by atoms with E-state index in [1.807, 2.05) is 0 Å². The molecule has 0 amide bonds. The summed E-state index contributed by atoms with van der Waals surface area (Å²) in [6.45, 7) is 0. The fraction of sp³-hybridized carbons (Fsp3) is 0. The van der Waals surface area contributed by atoms with Crippen LogP contribution < -0.4 is 5.30 Å². The molecule has 0 saturated heterocycles. The van der Waals surface area contributed by atoms with Crippen molar-refractivity contribution in [1.29, 1.82) is 5.26 Å². The van der Waals surface area contributed by atoms with E-state index in [4.69, 9.17) is 50.2 Å². The van der Waals surface area contributed by atoms with Gasteiger partial charge in [0, 0.05) is 0 Å². The van der Waals surface area contributed by atoms with Gasteiger partial charge in [-0.3, -0.25) is 0 Å². The van der Waals surface area contributed by atoms with Crippen molar-refractivity contribution in [3.63, 3.8) is 0 Å². The van der Waals surface area contributed by atoms with Crippen molar-refractivity contribution in [3.8, 4) is 5.81 Å². The third-order valence-electron chi connectivity index (χ3n) is 1.48. The molecule has 0 spiro atoms. The van der Waals surface area contributed by atoms with Crippen molar-refractivity contribution in [1.82, 2.24) is 0 Å². The number of nitriles is 1. The predicted molar refractivity (Wildman–Crippen MR) is 62.0 cm³/mol. The van der Waals surface area contributed by atoms with Crippen molar-refractivity contribution in [2.45, 2.75) is 0 Å². The van der Waals surface area contributed by atoms with E-state index in [1.54, 1.807) is 24.0 Å². The third-order valence-corrected chi connectivity index (χ3v) is 6.47. The monoisotopic (exact) mass is 274 g/mol. The molecule has 6 heteroatoms. The molecule has 0 heterocycles. The molecule has 0 unspecified atom stereocenters. The number of benzene rings is 1. The Hall–Kier alpha value is 0.300. The first-order valence-corrected chi connectivity index (χ1v) is 9.56. The fourth-order valence-electron chi connectivity index (χ4n) is 0.786. The van der Waals surface area contributed by atoms with Crippen LogP contribution in [0.3, 0.4) is 0 Å². The fourth-order valence-corrected chi connectivity index (χ4v) is 3.03. The van der Waals surface area contributed by atoms with Crippen LogP contribution in [-0.2, 0) is 0 Å². The molecule has 13 heavy (non-hydrogen) atoms. The Labute approximate surface area is 94.8 Å². The second-order valence-corrected chi connectivity index (χ2v) is 18.9. The Morgan fingerprint density at radius 1 is 1.00 bits per heavy atom. The van der Waals surface area contributed by atoms with Gasteiger partial charge in [-0.2, -0.15) is 0 Å². The summed E-state index contributed by atoms with van der Waals surface area (Å²) < 4.78 is -4.98. The molecule has 0 radical (unpaired) electrons. The molecule has 0 saturated carbocycles. The van der Waals surface area contributed by atoms with E-state index in [2.05, 4.69) is 0 Å². The van der Waals surface area contributed by atoms with Gasteiger partial charge < -0.3 is 0 Å². The quantitative estimate of drug-likeness (QED) is 0.693. The van der Waals surface area contributed by atoms with Gasteiger partial charge in [0.05, 0.1) is 0 Å². The van der Waals surface area contributed by atoms with Gasteiger partial charge in [-0.25, -0.2) is 0 Å². The van der Waals surface area contributed by atoms with Crippen LogP contribution in [0.15, 0.2) is 30.3 Å². The molecule has 1 aromatic carbocycles. The van der Waals surface area contributed by atoms with Crippen molar-refractivity contribution < 1.29 is 0 Å². The number of hydrogen-bond acceptors (Lipinski definition) is 1. The van der Waals surface area contributed by atoms with Gasteiger partial charge >= 0.3 is 95.0 Å². The number of nitrogens with zero attached hydrogens (tertiary/aromatic N) is 1. The van der Waals surface area contributed by atoms with Gasteiger partial charge in [0.25, 0.3) is 0 Å². The SMILES string of the molecule is N#C[P-](Cl)(Cl)(Cl)(Cl)c1ccccc1. The number of halogens is 4. The molecule has 0 aliphatic heterocycles. The van der Waals surface area contributed by atoms with E-state index in [0.717, 1.165) is 0 Å². The minimum absolute atomic E-state index is 0.238. The average Bonchev–Trinajstić information content (AvgIpc) is 2.05. The van der Waals surface area contributed by atoms with Gasteiger partial charge in [-0.05, 0) is 0 Å². The second kappa shape index (κ2) is 2.66. The van der Waals surface area contributed by atoms with E-state index in [1.165, 1.54) is 12.1 Å². The first kappa shape index (κ1) is 11.4. The summed E-state index contributed by atoms with van der Waals surface area (Å²) in [5.74, 6) is 1.61. The van der Waals surface area contributed by atoms with Gasteiger partial charge in [-0.1, -0.05) is 0 Å². The van der Waals surface area contributed by atoms with E-state index in [0.29, 0.717) is 0 Å². The summed E-state index contributed by atoms with van der Waals surface area (Å²) in [4.78, 5) is 0. The van der Waals surface area contributed by atoms with E-state index < -0.39 is 3.36 Å². The molecule has 0 atom stereocenters. The summed E-state index contributed by atoms with van der Waals surface area (Å²) in [5.41, 5.74) is 0. The number of hydrogen-bond donors (Lipinski definition) is 0. The van der Waals surface area contributed by atoms with Crippen LogP contribution >= 0.6 is 48.3 Å². The van der Waals surface area contributed by atoms with Crippen LogP contribution in [0.2, 0.25) is 0 Å². The number of rotatable bonds is 1. The zero-order chi connectivity index (χ0) is 10.2. The Kier molecular flexibility index (Phi) is 2.33. The second-order valence-electron chi connectivity index (χ2n) is 2.61. The minimum atomic E-state index is -4.98. The van der Waals surface area contributed by atoms with E-state index in [9.17, 15) is 0 Å². The molecule has 0 N–H and O–H groups in total. The molecule has 1 aromatic rings. The first-order chi connectivity index (χ1) is 5.68. The Morgan fingerprint density at radius 2 is 1.46 bits per heavy atom. The van der Waals surface area contributed by atoms with Gasteiger partial charge in [0.1, 0.15) is 0 Å². The molecule has 72 valence electrons. The molecular formula is C7H5Cl4NP-. The Bertz CT molecular complexity index is 373. The summed E-state index contributed by atoms with van der Waals surface area (Å²) in [7, 11) is 0. The molecule has 0 aliphatic rings. The normalized spacial score (nSPS) is 16.8. The molecule has 0 aromatic heterocycles. The van der Waals surface area contributed by atoms with Crippen molar-refractivity contribution in [2.24, 2.45) is 0 Å². The molecule has 0 bridgehead atoms. The predicted octanol–water partition coefficient (Wildman–Crippen LogP) is 4.50. The summed E-state index contributed by atoms with van der Waals surface area (Å²) >= 11 is 23.3. The maximum atomic E-state index is 8.85. The molecule has 0 fully saturated rings. The van der Waals surface area contributed by atoms with Crippen LogP contribution in [0.4, 0.5) is 0 Å². The zero-order valence-corrected chi connectivity index (χ0v) is 10.2. The van der Waals surface area contributed by atoms with E-state index in [-0.39, 0.29) is 5.30 Å². The zero-order valence-electron chi connectivity index (χ0n) is 6.29. The molecule has 0 aliphatic carbocycles. The Morgan fingerprint density at radius 3 is 1.85 bits per heavy atom. The maximum absolute atomic E-state index is 8.85. The Balaban J connectivity index is 3.50. The standard InChI is InChI=1S/C7H5Cl4NP/c8-13(9,10,11,6-12)7-4-2-1-3-5-7/h1-5H/q-1. The topological polar surface area (TPSA) is 23.8 Å². The van der Waals surface area contributed by atoms with Crippen LogP contribution in [0.5, 0.6) is 0 Å². The molecular weight excluding hydrogens is 271 g/mol. The van der Waals surface area contributed by atoms with Gasteiger partial charge in [-0.15, -0.1) is 0 Å². The van der Waals surface area contributed by atoms with Gasteiger partial charge in [0.2, 0.25) is 0 Å². The van der Waals surface area contributed by atoms with Crippen LogP contribution in [0.25, 0.3) is 0 Å². The first-order valence-electron chi connectivity index (χ1n) is 3.26. The van der Waals surface area contributed by atoms with Gasteiger partial charge in [0.15, 0.2) is 0 Å². The van der Waals surface area contributed by atoms with Crippen molar-refractivity contribution >= 4 is 53.6 Å². The summed E-state index contributed by atoms with van der Waals surface area (Å²) in [5, 5.41) is 9.09. The van der Waals surface area contributed by atoms with Crippen molar-refractivity contribution in [3.05, 3.63) is 30.3 Å². The van der Waals surface area contributed by atoms with Crippen LogP contribution in [-0.4, -0.2) is 0 Å².